The molecule has 0 aliphatic heterocycles. The quantitative estimate of drug-likeness (QED) is 0.0573. The van der Waals surface area contributed by atoms with Gasteiger partial charge in [-0.25, -0.2) is 0 Å². The van der Waals surface area contributed by atoms with Gasteiger partial charge in [-0.1, -0.05) is 273 Å². The minimum Gasteiger partial charge on any atom is -0.311 e. The molecule has 15 heteroatoms. The molecule has 626 valence electrons. The van der Waals surface area contributed by atoms with Crippen LogP contribution in [0.2, 0.25) is 0 Å². The number of anilines is 9. The van der Waals surface area contributed by atoms with E-state index in [1.54, 1.807) is 19.2 Å². The van der Waals surface area contributed by atoms with Gasteiger partial charge in [0.2, 0.25) is 0 Å². The number of fused-ring (bicyclic) bond motifs is 4. The molecule has 19 aromatic carbocycles. The van der Waals surface area contributed by atoms with E-state index in [2.05, 4.69) is 431 Å². The molecule has 23 aromatic rings. The van der Waals surface area contributed by atoms with Crippen molar-refractivity contribution in [1.29, 1.82) is 0 Å². The Kier molecular flexibility index (Phi) is 20.8. The van der Waals surface area contributed by atoms with Crippen LogP contribution in [0.5, 0.6) is 0 Å². The van der Waals surface area contributed by atoms with E-state index in [-0.39, 0.29) is 5.92 Å². The summed E-state index contributed by atoms with van der Waals surface area (Å²) in [5.41, 5.74) is 36.9. The molecule has 0 saturated heterocycles. The molecule has 0 bridgehead atoms. The normalized spacial score (nSPS) is 11.7. The van der Waals surface area contributed by atoms with Gasteiger partial charge >= 0.3 is 0 Å². The zero-order valence-corrected chi connectivity index (χ0v) is 71.7. The van der Waals surface area contributed by atoms with Crippen LogP contribution in [0.15, 0.2) is 473 Å². The minimum absolute atomic E-state index is 0.175. The van der Waals surface area contributed by atoms with E-state index in [1.807, 2.05) is 66.7 Å². The van der Waals surface area contributed by atoms with Gasteiger partial charge in [0.25, 0.3) is 0 Å². The van der Waals surface area contributed by atoms with Gasteiger partial charge in [0.1, 0.15) is 44.1 Å². The maximum Gasteiger partial charge on any atom is 0.121 e. The van der Waals surface area contributed by atoms with E-state index in [0.717, 1.165) is 192 Å². The second kappa shape index (κ2) is 34.8. The van der Waals surface area contributed by atoms with E-state index < -0.39 is 0 Å². The summed E-state index contributed by atoms with van der Waals surface area (Å²) in [6.45, 7) is 0. The van der Waals surface area contributed by atoms with Gasteiger partial charge < -0.3 is 14.7 Å². The second-order valence-electron chi connectivity index (χ2n) is 33.0. The summed E-state index contributed by atoms with van der Waals surface area (Å²) in [6.07, 6.45) is 1.85. The molecule has 0 fully saturated rings. The molecular formula is C117H83N15. The second-order valence-corrected chi connectivity index (χ2v) is 33.0. The zero-order chi connectivity index (χ0) is 87.6. The van der Waals surface area contributed by atoms with Crippen LogP contribution in [0.25, 0.3) is 134 Å². The van der Waals surface area contributed by atoms with Crippen molar-refractivity contribution in [2.75, 3.05) is 14.7 Å². The highest BCUT2D eigenvalue weighted by Gasteiger charge is 2.22. The Labute approximate surface area is 763 Å². The fourth-order valence-electron chi connectivity index (χ4n) is 17.9. The predicted molar refractivity (Wildman–Crippen MR) is 536 cm³/mol. The smallest absolute Gasteiger partial charge is 0.121 e. The first-order chi connectivity index (χ1) is 65.3. The highest BCUT2D eigenvalue weighted by atomic mass is 15.5. The highest BCUT2D eigenvalue weighted by molar-refractivity contribution is 5.95. The number of aromatic nitrogens is 12. The first kappa shape index (κ1) is 78.9. The highest BCUT2D eigenvalue weighted by Crippen LogP contribution is 2.43. The Hall–Kier alpha value is -17.8. The SMILES string of the molecule is c1ccc(C(CCc2ccc(-c3ccc(N(c4ccccc4)c4ccc(-n5nc6ccccc6n5)cc4)cc3)cc2)c2ccc(-n3nc4ccc(-c5cccc6nn(-c7ccc(-c8ccc(N(c9ccccc9)c9ccc(-c%10ccc(-c%11ccc(N(c%12ccccc%12)c%12ccc(-c%13ccc(-n%14nc%15ccccc%15n%14)cc%13)cc%12)cc%11)cc%10)cc9)cc8)cc7)nc56)cc4n3)cc2)cc1. The van der Waals surface area contributed by atoms with E-state index in [9.17, 15) is 0 Å². The van der Waals surface area contributed by atoms with Crippen LogP contribution in [0, 0.1) is 0 Å². The Morgan fingerprint density at radius 2 is 0.424 bits per heavy atom. The van der Waals surface area contributed by atoms with Crippen molar-refractivity contribution in [1.82, 2.24) is 60.0 Å². The van der Waals surface area contributed by atoms with Crippen molar-refractivity contribution >= 4 is 95.3 Å². The molecule has 23 rings (SSSR count). The van der Waals surface area contributed by atoms with Crippen LogP contribution in [-0.4, -0.2) is 60.0 Å². The number of hydrogen-bond acceptors (Lipinski definition) is 11. The van der Waals surface area contributed by atoms with Crippen molar-refractivity contribution < 1.29 is 0 Å². The van der Waals surface area contributed by atoms with Gasteiger partial charge in [0, 0.05) is 62.7 Å². The summed E-state index contributed by atoms with van der Waals surface area (Å²) in [7, 11) is 0. The summed E-state index contributed by atoms with van der Waals surface area (Å²) in [5, 5.41) is 39.0. The number of nitrogens with zero attached hydrogens (tertiary/aromatic N) is 15. The van der Waals surface area contributed by atoms with Crippen molar-refractivity contribution in [3.63, 3.8) is 0 Å². The van der Waals surface area contributed by atoms with Crippen molar-refractivity contribution in [2.45, 2.75) is 18.8 Å². The molecule has 1 atom stereocenters. The first-order valence-electron chi connectivity index (χ1n) is 44.4. The van der Waals surface area contributed by atoms with Crippen molar-refractivity contribution in [3.8, 4) is 89.5 Å². The fraction of sp³-hybridized carbons (Fsp3) is 0.0256. The van der Waals surface area contributed by atoms with Crippen LogP contribution in [0.1, 0.15) is 29.0 Å². The molecular weight excluding hydrogens is 1620 g/mol. The molecule has 0 spiro atoms. The molecule has 0 saturated carbocycles. The standard InChI is InChI=1S/C117H83N15/c1-5-18-92(19-6-1)108(78-34-81-32-35-82(36-33-81)85-41-58-102(59-42-85)128(97-24-11-4-12-25-97)103-74-76-107(77-75-103)130-120-112-29-15-16-30-113(112)121-130)93-55-72-105(73-56-93)131-122-114-79-57-94(80-116(114)124-131)109-26-17-31-115-117(109)125-132(123-115)106-70-53-91(54-71-106)89-49-66-101(67-50-89)127(96-22-9-3-10-23-96)99-62-45-87(46-63-99)84-39-37-83(38-40-84)86-43-60-98(61-44-86)126(95-20-7-2-8-21-95)100-64-47-88(48-65-100)90-51-68-104(69-52-90)129-118-110-27-13-14-28-111(110)119-129/h1-33,35-77,79-80,108H,34,78H2. The lowest BCUT2D eigenvalue weighted by Gasteiger charge is -2.26. The predicted octanol–water partition coefficient (Wildman–Crippen LogP) is 28.8. The Balaban J connectivity index is 0.428. The lowest BCUT2D eigenvalue weighted by molar-refractivity contribution is 0.713. The Morgan fingerprint density at radius 1 is 0.182 bits per heavy atom. The van der Waals surface area contributed by atoms with Gasteiger partial charge in [0.05, 0.1) is 22.7 Å². The van der Waals surface area contributed by atoms with Gasteiger partial charge in [-0.2, -0.15) is 19.2 Å². The van der Waals surface area contributed by atoms with Gasteiger partial charge in [-0.15, -0.1) is 40.8 Å². The van der Waals surface area contributed by atoms with E-state index in [1.165, 1.54) is 22.3 Å². The van der Waals surface area contributed by atoms with Crippen LogP contribution >= 0.6 is 0 Å². The third kappa shape index (κ3) is 16.0. The number of rotatable bonds is 24. The summed E-state index contributed by atoms with van der Waals surface area (Å²) in [6, 6.07) is 167. The van der Waals surface area contributed by atoms with Crippen molar-refractivity contribution in [2.24, 2.45) is 0 Å². The summed E-state index contributed by atoms with van der Waals surface area (Å²) in [5.74, 6) is 0.175. The number of benzene rings is 19. The van der Waals surface area contributed by atoms with Crippen LogP contribution in [0.4, 0.5) is 51.2 Å². The lowest BCUT2D eigenvalue weighted by atomic mass is 9.86. The monoisotopic (exact) mass is 1700 g/mol. The van der Waals surface area contributed by atoms with Crippen LogP contribution in [0.3, 0.4) is 0 Å². The molecule has 0 aliphatic rings. The average Bonchev–Trinajstić information content (AvgIpc) is 1.72. The molecule has 132 heavy (non-hydrogen) atoms. The van der Waals surface area contributed by atoms with Crippen LogP contribution < -0.4 is 14.7 Å². The Morgan fingerprint density at radius 3 is 0.788 bits per heavy atom. The van der Waals surface area contributed by atoms with Gasteiger partial charge in [-0.05, 0) is 291 Å². The molecule has 0 radical (unpaired) electrons. The maximum absolute atomic E-state index is 5.13. The van der Waals surface area contributed by atoms with E-state index in [4.69, 9.17) is 30.6 Å². The largest absolute Gasteiger partial charge is 0.311 e. The topological polar surface area (TPSA) is 133 Å². The summed E-state index contributed by atoms with van der Waals surface area (Å²) >= 11 is 0. The fourth-order valence-corrected chi connectivity index (χ4v) is 17.9. The third-order valence-electron chi connectivity index (χ3n) is 24.8. The van der Waals surface area contributed by atoms with E-state index >= 15 is 0 Å². The molecule has 15 nitrogen and oxygen atoms in total. The van der Waals surface area contributed by atoms with Gasteiger partial charge in [0.15, 0.2) is 0 Å². The average molecular weight is 1700 g/mol. The van der Waals surface area contributed by atoms with Crippen molar-refractivity contribution in [3.05, 3.63) is 490 Å². The first-order valence-corrected chi connectivity index (χ1v) is 44.4. The Bertz CT molecular complexity index is 7910. The maximum atomic E-state index is 5.13. The van der Waals surface area contributed by atoms with Crippen LogP contribution in [-0.2, 0) is 6.42 Å². The van der Waals surface area contributed by atoms with Gasteiger partial charge in [-0.3, -0.25) is 0 Å². The molecule has 0 amide bonds. The summed E-state index contributed by atoms with van der Waals surface area (Å²) in [4.78, 5) is 13.8. The molecule has 0 aliphatic carbocycles. The van der Waals surface area contributed by atoms with E-state index in [0.29, 0.717) is 0 Å². The lowest BCUT2D eigenvalue weighted by Crippen LogP contribution is -2.10. The molecule has 4 heterocycles. The minimum atomic E-state index is 0.175. The number of hydrogen-bond donors (Lipinski definition) is 0. The zero-order valence-electron chi connectivity index (χ0n) is 71.7. The number of aryl methyl sites for hydroxylation is 1. The molecule has 4 aromatic heterocycles. The third-order valence-corrected chi connectivity index (χ3v) is 24.8. The summed E-state index contributed by atoms with van der Waals surface area (Å²) < 4.78 is 0. The molecule has 1 unspecified atom stereocenters. The number of para-hydroxylation sites is 3. The molecule has 0 N–H and O–H groups in total.